The van der Waals surface area contributed by atoms with Crippen LogP contribution in [0.4, 0.5) is 0 Å². The second kappa shape index (κ2) is 6.53. The average Bonchev–Trinajstić information content (AvgIpc) is 2.35. The van der Waals surface area contributed by atoms with Gasteiger partial charge in [0.2, 0.25) is 0 Å². The standard InChI is InChI=1S/C16H23N.BrH/c1-4-11-17-12-10-16(3,14(2)13-17)15-8-6-5-7-9-15;/h4-9,14H,1,10-13H2,2-3H3;1H. The van der Waals surface area contributed by atoms with E-state index >= 15 is 0 Å². The Hall–Kier alpha value is -0.600. The van der Waals surface area contributed by atoms with Crippen molar-refractivity contribution in [2.75, 3.05) is 19.6 Å². The lowest BCUT2D eigenvalue weighted by atomic mass is 9.68. The molecular formula is C16H24BrN. The number of nitrogens with zero attached hydrogens (tertiary/aromatic N) is 1. The zero-order valence-corrected chi connectivity index (χ0v) is 13.1. The largest absolute Gasteiger partial charge is 0.299 e. The van der Waals surface area contributed by atoms with Crippen molar-refractivity contribution in [3.63, 3.8) is 0 Å². The molecular weight excluding hydrogens is 286 g/mol. The van der Waals surface area contributed by atoms with Crippen LogP contribution in [0.15, 0.2) is 43.0 Å². The van der Waals surface area contributed by atoms with Crippen LogP contribution in [-0.2, 0) is 5.41 Å². The van der Waals surface area contributed by atoms with Crippen molar-refractivity contribution < 1.29 is 0 Å². The van der Waals surface area contributed by atoms with E-state index in [2.05, 4.69) is 55.7 Å². The van der Waals surface area contributed by atoms with Gasteiger partial charge in [0, 0.05) is 13.1 Å². The van der Waals surface area contributed by atoms with Gasteiger partial charge >= 0.3 is 0 Å². The molecule has 18 heavy (non-hydrogen) atoms. The lowest BCUT2D eigenvalue weighted by Gasteiger charge is -2.45. The van der Waals surface area contributed by atoms with Crippen LogP contribution in [0.25, 0.3) is 0 Å². The first kappa shape index (κ1) is 15.5. The second-order valence-electron chi connectivity index (χ2n) is 5.48. The molecule has 2 atom stereocenters. The molecule has 1 aromatic carbocycles. The van der Waals surface area contributed by atoms with Crippen LogP contribution in [0.1, 0.15) is 25.8 Å². The minimum Gasteiger partial charge on any atom is -0.299 e. The Bertz CT molecular complexity index is 376. The van der Waals surface area contributed by atoms with Crippen LogP contribution in [0, 0.1) is 5.92 Å². The average molecular weight is 310 g/mol. The van der Waals surface area contributed by atoms with E-state index in [0.717, 1.165) is 6.54 Å². The maximum absolute atomic E-state index is 3.83. The first-order valence-electron chi connectivity index (χ1n) is 6.55. The summed E-state index contributed by atoms with van der Waals surface area (Å²) in [5.41, 5.74) is 1.82. The van der Waals surface area contributed by atoms with E-state index in [1.807, 2.05) is 6.08 Å². The van der Waals surface area contributed by atoms with Crippen molar-refractivity contribution in [2.24, 2.45) is 5.92 Å². The number of piperidine rings is 1. The Morgan fingerprint density at radius 3 is 2.61 bits per heavy atom. The van der Waals surface area contributed by atoms with Gasteiger partial charge < -0.3 is 0 Å². The monoisotopic (exact) mass is 309 g/mol. The zero-order valence-electron chi connectivity index (χ0n) is 11.4. The molecule has 1 aliphatic rings. The summed E-state index contributed by atoms with van der Waals surface area (Å²) in [7, 11) is 0. The molecule has 2 heteroatoms. The van der Waals surface area contributed by atoms with Gasteiger partial charge in [0.25, 0.3) is 0 Å². The molecule has 2 rings (SSSR count). The van der Waals surface area contributed by atoms with Gasteiger partial charge in [-0.3, -0.25) is 4.90 Å². The van der Waals surface area contributed by atoms with Gasteiger partial charge in [-0.2, -0.15) is 0 Å². The van der Waals surface area contributed by atoms with Gasteiger partial charge in [-0.15, -0.1) is 23.6 Å². The molecule has 0 spiro atoms. The van der Waals surface area contributed by atoms with Crippen LogP contribution in [0.3, 0.4) is 0 Å². The molecule has 2 unspecified atom stereocenters. The minimum absolute atomic E-state index is 0. The van der Waals surface area contributed by atoms with Crippen LogP contribution >= 0.6 is 17.0 Å². The Morgan fingerprint density at radius 1 is 1.39 bits per heavy atom. The van der Waals surface area contributed by atoms with Crippen molar-refractivity contribution in [2.45, 2.75) is 25.7 Å². The number of likely N-dealkylation sites (tertiary alicyclic amines) is 1. The molecule has 1 heterocycles. The Labute approximate surface area is 122 Å². The lowest BCUT2D eigenvalue weighted by molar-refractivity contribution is 0.121. The van der Waals surface area contributed by atoms with Gasteiger partial charge in [-0.05, 0) is 29.9 Å². The maximum Gasteiger partial charge on any atom is 0.0160 e. The summed E-state index contributed by atoms with van der Waals surface area (Å²) in [6.45, 7) is 12.0. The summed E-state index contributed by atoms with van der Waals surface area (Å²) in [5.74, 6) is 0.693. The number of halogens is 1. The third-order valence-corrected chi connectivity index (χ3v) is 4.39. The fourth-order valence-corrected chi connectivity index (χ4v) is 2.91. The highest BCUT2D eigenvalue weighted by Gasteiger charge is 2.37. The third-order valence-electron chi connectivity index (χ3n) is 4.39. The molecule has 0 amide bonds. The summed E-state index contributed by atoms with van der Waals surface area (Å²) >= 11 is 0. The summed E-state index contributed by atoms with van der Waals surface area (Å²) in [6, 6.07) is 11.0. The topological polar surface area (TPSA) is 3.24 Å². The van der Waals surface area contributed by atoms with Crippen LogP contribution in [0.5, 0.6) is 0 Å². The highest BCUT2D eigenvalue weighted by molar-refractivity contribution is 8.93. The molecule has 0 N–H and O–H groups in total. The van der Waals surface area contributed by atoms with E-state index in [0.29, 0.717) is 11.3 Å². The van der Waals surface area contributed by atoms with Crippen molar-refractivity contribution >= 4 is 17.0 Å². The first-order chi connectivity index (χ1) is 8.16. The van der Waals surface area contributed by atoms with Crippen LogP contribution in [0.2, 0.25) is 0 Å². The van der Waals surface area contributed by atoms with Gasteiger partial charge in [-0.1, -0.05) is 50.3 Å². The van der Waals surface area contributed by atoms with Crippen LogP contribution in [-0.4, -0.2) is 24.5 Å². The maximum atomic E-state index is 3.83. The van der Waals surface area contributed by atoms with Gasteiger partial charge in [0.1, 0.15) is 0 Å². The molecule has 0 radical (unpaired) electrons. The number of hydrogen-bond acceptors (Lipinski definition) is 1. The number of hydrogen-bond donors (Lipinski definition) is 0. The molecule has 1 aromatic rings. The van der Waals surface area contributed by atoms with E-state index in [1.54, 1.807) is 0 Å². The Balaban J connectivity index is 0.00000162. The van der Waals surface area contributed by atoms with Crippen molar-refractivity contribution in [1.29, 1.82) is 0 Å². The fourth-order valence-electron chi connectivity index (χ4n) is 2.91. The summed E-state index contributed by atoms with van der Waals surface area (Å²) in [4.78, 5) is 2.50. The Morgan fingerprint density at radius 2 is 2.06 bits per heavy atom. The summed E-state index contributed by atoms with van der Waals surface area (Å²) in [6.07, 6.45) is 3.25. The number of benzene rings is 1. The fraction of sp³-hybridized carbons (Fsp3) is 0.500. The molecule has 100 valence electrons. The molecule has 0 aliphatic carbocycles. The zero-order chi connectivity index (χ0) is 12.3. The second-order valence-corrected chi connectivity index (χ2v) is 5.48. The third kappa shape index (κ3) is 3.04. The normalized spacial score (nSPS) is 28.4. The molecule has 0 saturated carbocycles. The molecule has 1 nitrogen and oxygen atoms in total. The molecule has 1 aliphatic heterocycles. The molecule has 0 bridgehead atoms. The smallest absolute Gasteiger partial charge is 0.0160 e. The Kier molecular flexibility index (Phi) is 5.61. The van der Waals surface area contributed by atoms with Gasteiger partial charge in [-0.25, -0.2) is 0 Å². The van der Waals surface area contributed by atoms with Gasteiger partial charge in [0.05, 0.1) is 0 Å². The van der Waals surface area contributed by atoms with E-state index in [-0.39, 0.29) is 17.0 Å². The summed E-state index contributed by atoms with van der Waals surface area (Å²) < 4.78 is 0. The lowest BCUT2D eigenvalue weighted by Crippen LogP contribution is -2.47. The van der Waals surface area contributed by atoms with Crippen molar-refractivity contribution in [1.82, 2.24) is 4.90 Å². The van der Waals surface area contributed by atoms with E-state index in [9.17, 15) is 0 Å². The molecule has 0 aromatic heterocycles. The molecule has 1 saturated heterocycles. The molecule has 1 fully saturated rings. The van der Waals surface area contributed by atoms with Crippen LogP contribution < -0.4 is 0 Å². The van der Waals surface area contributed by atoms with E-state index in [1.165, 1.54) is 25.1 Å². The predicted molar refractivity (Wildman–Crippen MR) is 84.5 cm³/mol. The quantitative estimate of drug-likeness (QED) is 0.761. The summed E-state index contributed by atoms with van der Waals surface area (Å²) in [5, 5.41) is 0. The SMILES string of the molecule is Br.C=CCN1CCC(C)(c2ccccc2)C(C)C1. The number of rotatable bonds is 3. The highest BCUT2D eigenvalue weighted by Crippen LogP contribution is 2.38. The van der Waals surface area contributed by atoms with Gasteiger partial charge in [0.15, 0.2) is 0 Å². The first-order valence-corrected chi connectivity index (χ1v) is 6.55. The minimum atomic E-state index is 0. The van der Waals surface area contributed by atoms with Crippen molar-refractivity contribution in [3.05, 3.63) is 48.6 Å². The van der Waals surface area contributed by atoms with E-state index in [4.69, 9.17) is 0 Å². The highest BCUT2D eigenvalue weighted by atomic mass is 79.9. The predicted octanol–water partition coefficient (Wildman–Crippen LogP) is 4.05. The van der Waals surface area contributed by atoms with Crippen molar-refractivity contribution in [3.8, 4) is 0 Å². The van der Waals surface area contributed by atoms with E-state index < -0.39 is 0 Å².